The average Bonchev–Trinajstić information content (AvgIpc) is 3.23. The largest absolute Gasteiger partial charge is 0.469 e. The van der Waals surface area contributed by atoms with Gasteiger partial charge >= 0.3 is 11.7 Å². The van der Waals surface area contributed by atoms with Crippen LogP contribution in [0.3, 0.4) is 0 Å². The predicted molar refractivity (Wildman–Crippen MR) is 108 cm³/mol. The van der Waals surface area contributed by atoms with Crippen molar-refractivity contribution in [2.45, 2.75) is 13.0 Å². The van der Waals surface area contributed by atoms with Gasteiger partial charge in [-0.3, -0.25) is 18.7 Å². The number of nitrogens with zero attached hydrogens (tertiary/aromatic N) is 4. The minimum Gasteiger partial charge on any atom is -0.469 e. The summed E-state index contributed by atoms with van der Waals surface area (Å²) < 4.78 is 8.63. The third-order valence-electron chi connectivity index (χ3n) is 4.95. The van der Waals surface area contributed by atoms with Crippen molar-refractivity contribution >= 4 is 39.6 Å². The summed E-state index contributed by atoms with van der Waals surface area (Å²) in [6.45, 7) is 0.0608. The Morgan fingerprint density at radius 1 is 1.21 bits per heavy atom. The smallest absolute Gasteiger partial charge is 0.332 e. The standard InChI is InChI=1S/C19H18ClN5O4/c1-23-14(8-15(26)29-3)22-17-16(23)18(27)25(19(28)24(17)2)9-12-7-10-6-11(20)4-5-13(10)21-12/h4-7,21H,8-9H2,1-3H3. The first-order valence-corrected chi connectivity index (χ1v) is 9.17. The van der Waals surface area contributed by atoms with Crippen LogP contribution >= 0.6 is 11.6 Å². The number of ether oxygens (including phenoxy) is 1. The maximum Gasteiger partial charge on any atom is 0.332 e. The van der Waals surface area contributed by atoms with E-state index in [2.05, 4.69) is 14.7 Å². The Morgan fingerprint density at radius 3 is 2.69 bits per heavy atom. The van der Waals surface area contributed by atoms with Crippen molar-refractivity contribution in [1.82, 2.24) is 23.7 Å². The van der Waals surface area contributed by atoms with Gasteiger partial charge in [-0.2, -0.15) is 0 Å². The van der Waals surface area contributed by atoms with Gasteiger partial charge < -0.3 is 14.3 Å². The van der Waals surface area contributed by atoms with E-state index in [9.17, 15) is 14.4 Å². The molecule has 0 unspecified atom stereocenters. The lowest BCUT2D eigenvalue weighted by molar-refractivity contribution is -0.139. The van der Waals surface area contributed by atoms with Gasteiger partial charge in [0.2, 0.25) is 0 Å². The average molecular weight is 416 g/mol. The zero-order valence-corrected chi connectivity index (χ0v) is 16.8. The van der Waals surface area contributed by atoms with Crippen molar-refractivity contribution in [2.75, 3.05) is 7.11 Å². The first-order valence-electron chi connectivity index (χ1n) is 8.79. The van der Waals surface area contributed by atoms with Gasteiger partial charge in [-0.15, -0.1) is 0 Å². The maximum atomic E-state index is 13.1. The lowest BCUT2D eigenvalue weighted by Crippen LogP contribution is -2.39. The van der Waals surface area contributed by atoms with E-state index in [1.54, 1.807) is 26.2 Å². The van der Waals surface area contributed by atoms with Gasteiger partial charge in [0, 0.05) is 35.7 Å². The van der Waals surface area contributed by atoms with Gasteiger partial charge in [0.15, 0.2) is 11.2 Å². The van der Waals surface area contributed by atoms with E-state index >= 15 is 0 Å². The molecule has 0 spiro atoms. The molecule has 0 aliphatic rings. The number of hydrogen-bond acceptors (Lipinski definition) is 5. The molecule has 3 aromatic heterocycles. The maximum absolute atomic E-state index is 13.1. The highest BCUT2D eigenvalue weighted by Gasteiger charge is 2.20. The molecule has 0 aliphatic heterocycles. The molecule has 0 aliphatic carbocycles. The van der Waals surface area contributed by atoms with Gasteiger partial charge in [0.25, 0.3) is 5.56 Å². The van der Waals surface area contributed by atoms with E-state index in [4.69, 9.17) is 11.6 Å². The lowest BCUT2D eigenvalue weighted by atomic mass is 10.2. The molecular weight excluding hydrogens is 398 g/mol. The molecule has 9 nitrogen and oxygen atoms in total. The Balaban J connectivity index is 1.85. The van der Waals surface area contributed by atoms with Gasteiger partial charge in [0.1, 0.15) is 12.2 Å². The summed E-state index contributed by atoms with van der Waals surface area (Å²) in [5, 5.41) is 1.49. The number of benzene rings is 1. The minimum absolute atomic E-state index is 0.0608. The quantitative estimate of drug-likeness (QED) is 0.506. The number of methoxy groups -OCH3 is 1. The number of H-pyrrole nitrogens is 1. The summed E-state index contributed by atoms with van der Waals surface area (Å²) in [7, 11) is 4.45. The highest BCUT2D eigenvalue weighted by molar-refractivity contribution is 6.31. The molecule has 10 heteroatoms. The fraction of sp³-hybridized carbons (Fsp3) is 0.263. The number of esters is 1. The molecule has 0 saturated heterocycles. The van der Waals surface area contributed by atoms with Crippen molar-refractivity contribution in [3.63, 3.8) is 0 Å². The number of nitrogens with one attached hydrogen (secondary N) is 1. The van der Waals surface area contributed by atoms with Crippen LogP contribution in [0.4, 0.5) is 0 Å². The highest BCUT2D eigenvalue weighted by atomic mass is 35.5. The summed E-state index contributed by atoms with van der Waals surface area (Å²) in [4.78, 5) is 45.1. The number of aryl methyl sites for hydroxylation is 2. The SMILES string of the molecule is COC(=O)Cc1nc2c(c(=O)n(Cc3cc4cc(Cl)ccc4[nH]3)c(=O)n2C)n1C. The highest BCUT2D eigenvalue weighted by Crippen LogP contribution is 2.20. The number of rotatable bonds is 4. The van der Waals surface area contributed by atoms with Crippen LogP contribution in [0.1, 0.15) is 11.5 Å². The molecule has 29 heavy (non-hydrogen) atoms. The summed E-state index contributed by atoms with van der Waals surface area (Å²) >= 11 is 6.03. The molecule has 0 amide bonds. The molecule has 4 rings (SSSR count). The predicted octanol–water partition coefficient (Wildman–Crippen LogP) is 1.33. The fourth-order valence-electron chi connectivity index (χ4n) is 3.41. The van der Waals surface area contributed by atoms with Crippen LogP contribution in [0.2, 0.25) is 5.02 Å². The zero-order chi connectivity index (χ0) is 20.9. The summed E-state index contributed by atoms with van der Waals surface area (Å²) in [5.41, 5.74) is 1.04. The molecule has 1 aromatic carbocycles. The number of imidazole rings is 1. The van der Waals surface area contributed by atoms with E-state index in [0.29, 0.717) is 16.5 Å². The summed E-state index contributed by atoms with van der Waals surface area (Å²) in [5.74, 6) is -0.137. The Morgan fingerprint density at radius 2 is 1.97 bits per heavy atom. The van der Waals surface area contributed by atoms with Crippen LogP contribution in [0, 0.1) is 0 Å². The fourth-order valence-corrected chi connectivity index (χ4v) is 3.59. The Labute approximate surface area is 169 Å². The van der Waals surface area contributed by atoms with E-state index in [0.717, 1.165) is 15.5 Å². The van der Waals surface area contributed by atoms with Gasteiger partial charge in [-0.05, 0) is 24.3 Å². The van der Waals surface area contributed by atoms with Crippen LogP contribution in [0.15, 0.2) is 33.9 Å². The summed E-state index contributed by atoms with van der Waals surface area (Å²) in [6, 6.07) is 7.26. The first kappa shape index (κ1) is 19.0. The molecule has 0 radical (unpaired) electrons. The second kappa shape index (κ2) is 6.93. The van der Waals surface area contributed by atoms with Crippen molar-refractivity contribution in [3.05, 3.63) is 61.6 Å². The number of aromatic nitrogens is 5. The zero-order valence-electron chi connectivity index (χ0n) is 16.0. The van der Waals surface area contributed by atoms with Gasteiger partial charge in [0.05, 0.1) is 13.7 Å². The second-order valence-corrected chi connectivity index (χ2v) is 7.21. The number of carbonyl (C=O) groups excluding carboxylic acids is 1. The van der Waals surface area contributed by atoms with E-state index < -0.39 is 17.2 Å². The summed E-state index contributed by atoms with van der Waals surface area (Å²) in [6.07, 6.45) is -0.0991. The van der Waals surface area contributed by atoms with Gasteiger partial charge in [-0.1, -0.05) is 11.6 Å². The molecule has 0 saturated carbocycles. The van der Waals surface area contributed by atoms with Crippen molar-refractivity contribution in [3.8, 4) is 0 Å². The second-order valence-electron chi connectivity index (χ2n) is 6.77. The topological polar surface area (TPSA) is 104 Å². The number of fused-ring (bicyclic) bond motifs is 2. The molecular formula is C19H18ClN5O4. The van der Waals surface area contributed by atoms with Crippen LogP contribution in [-0.4, -0.2) is 36.7 Å². The monoisotopic (exact) mass is 415 g/mol. The molecule has 0 bridgehead atoms. The van der Waals surface area contributed by atoms with E-state index in [-0.39, 0.29) is 24.1 Å². The number of halogens is 1. The van der Waals surface area contributed by atoms with E-state index in [1.807, 2.05) is 12.1 Å². The molecule has 0 atom stereocenters. The van der Waals surface area contributed by atoms with Crippen LogP contribution in [0.5, 0.6) is 0 Å². The number of aromatic amines is 1. The third kappa shape index (κ3) is 3.13. The number of carbonyl (C=O) groups is 1. The molecule has 4 aromatic rings. The minimum atomic E-state index is -0.498. The van der Waals surface area contributed by atoms with Crippen molar-refractivity contribution < 1.29 is 9.53 Å². The Kier molecular flexibility index (Phi) is 4.54. The Hall–Kier alpha value is -3.33. The van der Waals surface area contributed by atoms with Crippen LogP contribution in [-0.2, 0) is 36.6 Å². The lowest BCUT2D eigenvalue weighted by Gasteiger charge is -2.07. The first-order chi connectivity index (χ1) is 13.8. The molecule has 3 heterocycles. The van der Waals surface area contributed by atoms with Crippen molar-refractivity contribution in [2.24, 2.45) is 14.1 Å². The number of hydrogen-bond donors (Lipinski definition) is 1. The molecule has 1 N–H and O–H groups in total. The van der Waals surface area contributed by atoms with Crippen LogP contribution in [0.25, 0.3) is 22.1 Å². The molecule has 0 fully saturated rings. The van der Waals surface area contributed by atoms with Gasteiger partial charge in [-0.25, -0.2) is 9.78 Å². The Bertz CT molecular complexity index is 1390. The van der Waals surface area contributed by atoms with Crippen molar-refractivity contribution in [1.29, 1.82) is 0 Å². The van der Waals surface area contributed by atoms with E-state index in [1.165, 1.54) is 16.2 Å². The third-order valence-corrected chi connectivity index (χ3v) is 5.18. The normalized spacial score (nSPS) is 11.4. The molecule has 150 valence electrons. The van der Waals surface area contributed by atoms with Crippen LogP contribution < -0.4 is 11.2 Å².